The molecule has 2 aromatic carbocycles. The number of fused-ring (bicyclic) bond motifs is 1. The van der Waals surface area contributed by atoms with Crippen LogP contribution in [0, 0.1) is 5.82 Å². The molecule has 1 aliphatic heterocycles. The highest BCUT2D eigenvalue weighted by molar-refractivity contribution is 7.80. The summed E-state index contributed by atoms with van der Waals surface area (Å²) in [5, 5.41) is 7.18. The van der Waals surface area contributed by atoms with Crippen molar-refractivity contribution in [1.29, 1.82) is 0 Å². The van der Waals surface area contributed by atoms with Crippen LogP contribution in [0.1, 0.15) is 43.0 Å². The molecule has 0 radical (unpaired) electrons. The summed E-state index contributed by atoms with van der Waals surface area (Å²) in [5.74, 6) is 0.466. The van der Waals surface area contributed by atoms with E-state index in [1.165, 1.54) is 12.1 Å². The number of halogens is 1. The van der Waals surface area contributed by atoms with E-state index in [2.05, 4.69) is 29.7 Å². The second-order valence-electron chi connectivity index (χ2n) is 5.98. The fraction of sp³-hybridized carbons (Fsp3) is 0.316. The Bertz CT molecular complexity index is 708. The highest BCUT2D eigenvalue weighted by Gasteiger charge is 2.21. The first-order valence-corrected chi connectivity index (χ1v) is 8.58. The van der Waals surface area contributed by atoms with Crippen LogP contribution in [-0.4, -0.2) is 11.7 Å². The van der Waals surface area contributed by atoms with E-state index in [-0.39, 0.29) is 17.9 Å². The van der Waals surface area contributed by atoms with E-state index in [1.807, 2.05) is 18.2 Å². The fourth-order valence-electron chi connectivity index (χ4n) is 2.92. The first-order chi connectivity index (χ1) is 11.6. The van der Waals surface area contributed by atoms with Gasteiger partial charge in [0.1, 0.15) is 11.6 Å². The summed E-state index contributed by atoms with van der Waals surface area (Å²) in [7, 11) is 0. The molecule has 0 bridgehead atoms. The molecule has 2 unspecified atom stereocenters. The van der Waals surface area contributed by atoms with Crippen LogP contribution in [0.4, 0.5) is 4.39 Å². The zero-order valence-electron chi connectivity index (χ0n) is 13.6. The van der Waals surface area contributed by atoms with E-state index in [1.54, 1.807) is 6.07 Å². The van der Waals surface area contributed by atoms with Gasteiger partial charge in [0.15, 0.2) is 5.11 Å². The van der Waals surface area contributed by atoms with Crippen LogP contribution >= 0.6 is 12.2 Å². The van der Waals surface area contributed by atoms with Gasteiger partial charge in [0, 0.05) is 5.56 Å². The monoisotopic (exact) mass is 344 g/mol. The van der Waals surface area contributed by atoms with Crippen molar-refractivity contribution < 1.29 is 9.13 Å². The molecule has 126 valence electrons. The molecule has 0 amide bonds. The van der Waals surface area contributed by atoms with E-state index >= 15 is 0 Å². The van der Waals surface area contributed by atoms with Gasteiger partial charge in [-0.3, -0.25) is 0 Å². The van der Waals surface area contributed by atoms with Crippen LogP contribution in [0.2, 0.25) is 0 Å². The zero-order valence-corrected chi connectivity index (χ0v) is 14.4. The quantitative estimate of drug-likeness (QED) is 0.815. The molecule has 5 heteroatoms. The summed E-state index contributed by atoms with van der Waals surface area (Å²) in [6.45, 7) is 2.70. The van der Waals surface area contributed by atoms with Crippen molar-refractivity contribution in [3.63, 3.8) is 0 Å². The Morgan fingerprint density at radius 2 is 2.04 bits per heavy atom. The number of hydrogen-bond donors (Lipinski definition) is 2. The lowest BCUT2D eigenvalue weighted by atomic mass is 10.0. The van der Waals surface area contributed by atoms with Crippen molar-refractivity contribution in [3.05, 3.63) is 65.5 Å². The lowest BCUT2D eigenvalue weighted by Crippen LogP contribution is -2.39. The molecule has 0 spiro atoms. The maximum Gasteiger partial charge on any atom is 0.167 e. The molecule has 24 heavy (non-hydrogen) atoms. The minimum atomic E-state index is -0.261. The standard InChI is InChI=1S/C19H21FN2OS/c1-13(14-6-3-2-4-7-14)21-19(24)22-17-8-5-11-23-18-10-9-15(20)12-16(17)18/h2-4,6-7,9-10,12-13,17H,5,8,11H2,1H3,(H2,21,22,24). The van der Waals surface area contributed by atoms with E-state index in [0.717, 1.165) is 29.7 Å². The smallest absolute Gasteiger partial charge is 0.167 e. The van der Waals surface area contributed by atoms with Crippen LogP contribution in [0.25, 0.3) is 0 Å². The highest BCUT2D eigenvalue weighted by atomic mass is 32.1. The summed E-state index contributed by atoms with van der Waals surface area (Å²) in [6.07, 6.45) is 1.74. The van der Waals surface area contributed by atoms with Gasteiger partial charge in [-0.1, -0.05) is 30.3 Å². The molecule has 3 rings (SSSR count). The van der Waals surface area contributed by atoms with E-state index < -0.39 is 0 Å². The van der Waals surface area contributed by atoms with E-state index in [9.17, 15) is 4.39 Å². The minimum absolute atomic E-state index is 0.0545. The van der Waals surface area contributed by atoms with E-state index in [0.29, 0.717) is 11.7 Å². The summed E-state index contributed by atoms with van der Waals surface area (Å²) in [4.78, 5) is 0. The van der Waals surface area contributed by atoms with Gasteiger partial charge in [0.05, 0.1) is 18.7 Å². The van der Waals surface area contributed by atoms with Crippen molar-refractivity contribution in [2.45, 2.75) is 31.8 Å². The van der Waals surface area contributed by atoms with Crippen molar-refractivity contribution >= 4 is 17.3 Å². The van der Waals surface area contributed by atoms with Gasteiger partial charge in [-0.05, 0) is 55.7 Å². The predicted octanol–water partition coefficient (Wildman–Crippen LogP) is 4.26. The summed E-state index contributed by atoms with van der Waals surface area (Å²) in [5.41, 5.74) is 1.99. The maximum atomic E-state index is 13.6. The summed E-state index contributed by atoms with van der Waals surface area (Å²) < 4.78 is 19.3. The molecule has 1 aliphatic rings. The number of benzene rings is 2. The Morgan fingerprint density at radius 1 is 1.25 bits per heavy atom. The van der Waals surface area contributed by atoms with Crippen molar-refractivity contribution in [1.82, 2.24) is 10.6 Å². The first kappa shape index (κ1) is 16.7. The number of hydrogen-bond acceptors (Lipinski definition) is 2. The zero-order chi connectivity index (χ0) is 16.9. The molecule has 3 nitrogen and oxygen atoms in total. The first-order valence-electron chi connectivity index (χ1n) is 8.17. The highest BCUT2D eigenvalue weighted by Crippen LogP contribution is 2.32. The van der Waals surface area contributed by atoms with Crippen LogP contribution in [0.5, 0.6) is 5.75 Å². The summed E-state index contributed by atoms with van der Waals surface area (Å²) >= 11 is 5.46. The second-order valence-corrected chi connectivity index (χ2v) is 6.38. The molecule has 2 atom stereocenters. The third kappa shape index (κ3) is 4.03. The molecule has 0 aromatic heterocycles. The second kappa shape index (κ2) is 7.62. The molecule has 2 aromatic rings. The third-order valence-corrected chi connectivity index (χ3v) is 4.43. The van der Waals surface area contributed by atoms with Crippen LogP contribution in [0.3, 0.4) is 0 Å². The molecule has 0 fully saturated rings. The largest absolute Gasteiger partial charge is 0.493 e. The predicted molar refractivity (Wildman–Crippen MR) is 97.6 cm³/mol. The summed E-state index contributed by atoms with van der Waals surface area (Å²) in [6, 6.07) is 14.8. The molecule has 1 heterocycles. The number of rotatable bonds is 3. The Kier molecular flexibility index (Phi) is 5.30. The van der Waals surface area contributed by atoms with Crippen molar-refractivity contribution in [3.8, 4) is 5.75 Å². The number of thiocarbonyl (C=S) groups is 1. The Morgan fingerprint density at radius 3 is 2.83 bits per heavy atom. The minimum Gasteiger partial charge on any atom is -0.493 e. The molecular formula is C19H21FN2OS. The average molecular weight is 344 g/mol. The van der Waals surface area contributed by atoms with Crippen LogP contribution in [-0.2, 0) is 0 Å². The van der Waals surface area contributed by atoms with Gasteiger partial charge < -0.3 is 15.4 Å². The average Bonchev–Trinajstić information content (AvgIpc) is 2.78. The SMILES string of the molecule is CC(NC(=S)NC1CCCOc2ccc(F)cc21)c1ccccc1. The number of ether oxygens (including phenoxy) is 1. The van der Waals surface area contributed by atoms with Crippen molar-refractivity contribution in [2.75, 3.05) is 6.61 Å². The van der Waals surface area contributed by atoms with Crippen LogP contribution < -0.4 is 15.4 Å². The van der Waals surface area contributed by atoms with Gasteiger partial charge in [-0.15, -0.1) is 0 Å². The lowest BCUT2D eigenvalue weighted by Gasteiger charge is -2.23. The molecule has 2 N–H and O–H groups in total. The normalized spacial score (nSPS) is 17.8. The Balaban J connectivity index is 1.69. The fourth-order valence-corrected chi connectivity index (χ4v) is 3.24. The number of nitrogens with one attached hydrogen (secondary N) is 2. The Labute approximate surface area is 147 Å². The molecule has 0 saturated carbocycles. The third-order valence-electron chi connectivity index (χ3n) is 4.19. The van der Waals surface area contributed by atoms with Gasteiger partial charge in [-0.25, -0.2) is 4.39 Å². The van der Waals surface area contributed by atoms with Gasteiger partial charge in [0.2, 0.25) is 0 Å². The molecule has 0 saturated heterocycles. The Hall–Kier alpha value is -2.14. The molecule has 0 aliphatic carbocycles. The van der Waals surface area contributed by atoms with Crippen LogP contribution in [0.15, 0.2) is 48.5 Å². The van der Waals surface area contributed by atoms with E-state index in [4.69, 9.17) is 17.0 Å². The van der Waals surface area contributed by atoms with Crippen molar-refractivity contribution in [2.24, 2.45) is 0 Å². The maximum absolute atomic E-state index is 13.6. The lowest BCUT2D eigenvalue weighted by molar-refractivity contribution is 0.315. The van der Waals surface area contributed by atoms with Gasteiger partial charge in [0.25, 0.3) is 0 Å². The topological polar surface area (TPSA) is 33.3 Å². The van der Waals surface area contributed by atoms with Gasteiger partial charge >= 0.3 is 0 Å². The van der Waals surface area contributed by atoms with Gasteiger partial charge in [-0.2, -0.15) is 0 Å². The molecular weight excluding hydrogens is 323 g/mol.